The summed E-state index contributed by atoms with van der Waals surface area (Å²) in [5.41, 5.74) is 0.160. The van der Waals surface area contributed by atoms with Gasteiger partial charge in [-0.15, -0.1) is 0 Å². The average Bonchev–Trinajstić information content (AvgIpc) is 2.64. The number of halogens is 2. The summed E-state index contributed by atoms with van der Waals surface area (Å²) < 4.78 is 35.5. The Hall–Kier alpha value is -1.18. The SMILES string of the molecule is NS(=O)(=O)C1CC(=O)N(c2cc(F)ccc2Cl)C1. The lowest BCUT2D eigenvalue weighted by Gasteiger charge is -2.17. The first-order valence-electron chi connectivity index (χ1n) is 5.06. The van der Waals surface area contributed by atoms with Crippen molar-refractivity contribution in [2.45, 2.75) is 11.7 Å². The molecule has 1 aromatic rings. The number of rotatable bonds is 2. The summed E-state index contributed by atoms with van der Waals surface area (Å²) in [7, 11) is -3.80. The average molecular weight is 293 g/mol. The summed E-state index contributed by atoms with van der Waals surface area (Å²) in [6, 6.07) is 3.55. The first-order chi connectivity index (χ1) is 8.29. The quantitative estimate of drug-likeness (QED) is 0.878. The minimum absolute atomic E-state index is 0.110. The molecule has 1 aliphatic heterocycles. The molecule has 1 atom stereocenters. The van der Waals surface area contributed by atoms with E-state index >= 15 is 0 Å². The zero-order valence-corrected chi connectivity index (χ0v) is 10.7. The Morgan fingerprint density at radius 1 is 1.44 bits per heavy atom. The van der Waals surface area contributed by atoms with Crippen LogP contribution in [0.5, 0.6) is 0 Å². The van der Waals surface area contributed by atoms with E-state index in [1.54, 1.807) is 0 Å². The van der Waals surface area contributed by atoms with Crippen molar-refractivity contribution in [1.82, 2.24) is 0 Å². The number of primary sulfonamides is 1. The van der Waals surface area contributed by atoms with Crippen molar-refractivity contribution < 1.29 is 17.6 Å². The molecule has 1 heterocycles. The Morgan fingerprint density at radius 2 is 2.11 bits per heavy atom. The van der Waals surface area contributed by atoms with Gasteiger partial charge in [0.2, 0.25) is 15.9 Å². The van der Waals surface area contributed by atoms with E-state index in [2.05, 4.69) is 0 Å². The van der Waals surface area contributed by atoms with Crippen LogP contribution >= 0.6 is 11.6 Å². The topological polar surface area (TPSA) is 80.5 Å². The third-order valence-corrected chi connectivity index (χ3v) is 4.32. The second kappa shape index (κ2) is 4.49. The minimum Gasteiger partial charge on any atom is -0.309 e. The van der Waals surface area contributed by atoms with Crippen LogP contribution in [0.4, 0.5) is 10.1 Å². The maximum absolute atomic E-state index is 13.1. The first-order valence-corrected chi connectivity index (χ1v) is 7.05. The number of sulfonamides is 1. The van der Waals surface area contributed by atoms with Crippen LogP contribution in [0.2, 0.25) is 5.02 Å². The molecule has 1 unspecified atom stereocenters. The van der Waals surface area contributed by atoms with Gasteiger partial charge in [0.05, 0.1) is 10.7 Å². The molecule has 1 fully saturated rings. The number of nitrogens with zero attached hydrogens (tertiary/aromatic N) is 1. The molecule has 0 spiro atoms. The molecule has 0 aliphatic carbocycles. The summed E-state index contributed by atoms with van der Waals surface area (Å²) in [6.45, 7) is -0.110. The van der Waals surface area contributed by atoms with E-state index in [1.807, 2.05) is 0 Å². The van der Waals surface area contributed by atoms with Gasteiger partial charge in [0.15, 0.2) is 0 Å². The van der Waals surface area contributed by atoms with E-state index < -0.39 is 27.0 Å². The second-order valence-corrected chi connectivity index (χ2v) is 6.27. The normalized spacial score (nSPS) is 20.5. The Balaban J connectivity index is 2.35. The van der Waals surface area contributed by atoms with Gasteiger partial charge in [-0.3, -0.25) is 4.79 Å². The Bertz CT molecular complexity index is 605. The predicted molar refractivity (Wildman–Crippen MR) is 65.3 cm³/mol. The fourth-order valence-corrected chi connectivity index (χ4v) is 2.77. The number of carbonyl (C=O) groups excluding carboxylic acids is 1. The van der Waals surface area contributed by atoms with E-state index in [0.29, 0.717) is 0 Å². The van der Waals surface area contributed by atoms with Gasteiger partial charge >= 0.3 is 0 Å². The molecular formula is C10H10ClFN2O3S. The molecule has 0 saturated carbocycles. The molecule has 1 aliphatic rings. The summed E-state index contributed by atoms with van der Waals surface area (Å²) in [5.74, 6) is -0.997. The highest BCUT2D eigenvalue weighted by Crippen LogP contribution is 2.31. The molecule has 1 aromatic carbocycles. The summed E-state index contributed by atoms with van der Waals surface area (Å²) in [6.07, 6.45) is -0.217. The molecular weight excluding hydrogens is 283 g/mol. The van der Waals surface area contributed by atoms with E-state index in [-0.39, 0.29) is 23.7 Å². The molecule has 98 valence electrons. The van der Waals surface area contributed by atoms with Gasteiger partial charge < -0.3 is 4.90 Å². The molecule has 18 heavy (non-hydrogen) atoms. The van der Waals surface area contributed by atoms with E-state index in [9.17, 15) is 17.6 Å². The zero-order chi connectivity index (χ0) is 13.5. The van der Waals surface area contributed by atoms with Crippen molar-refractivity contribution in [1.29, 1.82) is 0 Å². The van der Waals surface area contributed by atoms with Crippen LogP contribution < -0.4 is 10.0 Å². The lowest BCUT2D eigenvalue weighted by Crippen LogP contribution is -2.32. The van der Waals surface area contributed by atoms with Crippen molar-refractivity contribution in [2.75, 3.05) is 11.4 Å². The van der Waals surface area contributed by atoms with Crippen LogP contribution in [-0.2, 0) is 14.8 Å². The molecule has 5 nitrogen and oxygen atoms in total. The van der Waals surface area contributed by atoms with Gasteiger partial charge in [-0.05, 0) is 18.2 Å². The second-order valence-electron chi connectivity index (χ2n) is 4.02. The number of nitrogens with two attached hydrogens (primary N) is 1. The molecule has 8 heteroatoms. The molecule has 2 rings (SSSR count). The summed E-state index contributed by atoms with van der Waals surface area (Å²) in [4.78, 5) is 12.9. The number of hydrogen-bond donors (Lipinski definition) is 1. The van der Waals surface area contributed by atoms with Gasteiger partial charge in [-0.1, -0.05) is 11.6 Å². The number of carbonyl (C=O) groups is 1. The number of amides is 1. The Kier molecular flexibility index (Phi) is 3.31. The fraction of sp³-hybridized carbons (Fsp3) is 0.300. The molecule has 0 bridgehead atoms. The predicted octanol–water partition coefficient (Wildman–Crippen LogP) is 0.873. The number of benzene rings is 1. The number of anilines is 1. The van der Waals surface area contributed by atoms with Crippen molar-refractivity contribution >= 4 is 33.2 Å². The largest absolute Gasteiger partial charge is 0.309 e. The van der Waals surface area contributed by atoms with Gasteiger partial charge in [-0.2, -0.15) is 0 Å². The van der Waals surface area contributed by atoms with Crippen LogP contribution in [0, 0.1) is 5.82 Å². The van der Waals surface area contributed by atoms with Crippen LogP contribution in [0.15, 0.2) is 18.2 Å². The van der Waals surface area contributed by atoms with Gasteiger partial charge in [0.25, 0.3) is 0 Å². The van der Waals surface area contributed by atoms with Gasteiger partial charge in [0, 0.05) is 13.0 Å². The lowest BCUT2D eigenvalue weighted by molar-refractivity contribution is -0.117. The highest BCUT2D eigenvalue weighted by Gasteiger charge is 2.37. The highest BCUT2D eigenvalue weighted by molar-refractivity contribution is 7.89. The van der Waals surface area contributed by atoms with Crippen molar-refractivity contribution in [3.63, 3.8) is 0 Å². The molecule has 2 N–H and O–H groups in total. The smallest absolute Gasteiger partial charge is 0.228 e. The van der Waals surface area contributed by atoms with Crippen LogP contribution in [-0.4, -0.2) is 26.1 Å². The first kappa shape index (κ1) is 13.3. The summed E-state index contributed by atoms with van der Waals surface area (Å²) in [5, 5.41) is 4.20. The monoisotopic (exact) mass is 292 g/mol. The number of hydrogen-bond acceptors (Lipinski definition) is 3. The zero-order valence-electron chi connectivity index (χ0n) is 9.14. The molecule has 1 saturated heterocycles. The van der Waals surface area contributed by atoms with Crippen LogP contribution in [0.1, 0.15) is 6.42 Å². The maximum atomic E-state index is 13.1. The Labute approximate surface area is 108 Å². The van der Waals surface area contributed by atoms with Crippen LogP contribution in [0.3, 0.4) is 0 Å². The maximum Gasteiger partial charge on any atom is 0.228 e. The van der Waals surface area contributed by atoms with Crippen molar-refractivity contribution in [3.8, 4) is 0 Å². The third-order valence-electron chi connectivity index (χ3n) is 2.75. The van der Waals surface area contributed by atoms with E-state index in [1.165, 1.54) is 6.07 Å². The van der Waals surface area contributed by atoms with Gasteiger partial charge in [0.1, 0.15) is 11.1 Å². The fourth-order valence-electron chi connectivity index (χ4n) is 1.82. The van der Waals surface area contributed by atoms with Crippen LogP contribution in [0.25, 0.3) is 0 Å². The molecule has 0 aromatic heterocycles. The molecule has 1 amide bonds. The van der Waals surface area contributed by atoms with Crippen molar-refractivity contribution in [2.24, 2.45) is 5.14 Å². The minimum atomic E-state index is -3.80. The lowest BCUT2D eigenvalue weighted by atomic mass is 10.3. The summed E-state index contributed by atoms with van der Waals surface area (Å²) >= 11 is 5.86. The van der Waals surface area contributed by atoms with Gasteiger partial charge in [-0.25, -0.2) is 17.9 Å². The van der Waals surface area contributed by atoms with E-state index in [0.717, 1.165) is 17.0 Å². The Morgan fingerprint density at radius 3 is 2.67 bits per heavy atom. The standard InChI is InChI=1S/C10H10ClFN2O3S/c11-8-2-1-6(12)3-9(8)14-5-7(4-10(14)15)18(13,16)17/h1-3,7H,4-5H2,(H2,13,16,17). The van der Waals surface area contributed by atoms with E-state index in [4.69, 9.17) is 16.7 Å². The third kappa shape index (κ3) is 2.47. The van der Waals surface area contributed by atoms with Crippen molar-refractivity contribution in [3.05, 3.63) is 29.0 Å². The molecule has 0 radical (unpaired) electrons. The highest BCUT2D eigenvalue weighted by atomic mass is 35.5.